The van der Waals surface area contributed by atoms with E-state index in [0.717, 1.165) is 51.1 Å². The van der Waals surface area contributed by atoms with E-state index in [0.29, 0.717) is 23.7 Å². The number of amidine groups is 1. The number of hydrogen-bond donors (Lipinski definition) is 1. The van der Waals surface area contributed by atoms with E-state index in [2.05, 4.69) is 24.1 Å². The highest BCUT2D eigenvalue weighted by Crippen LogP contribution is 2.38. The molecule has 7 heteroatoms. The molecule has 1 saturated heterocycles. The number of rotatable bonds is 6. The van der Waals surface area contributed by atoms with Crippen LogP contribution in [0.4, 0.5) is 10.1 Å². The van der Waals surface area contributed by atoms with E-state index in [1.54, 1.807) is 6.07 Å². The zero-order chi connectivity index (χ0) is 20.3. The van der Waals surface area contributed by atoms with Crippen molar-refractivity contribution in [3.63, 3.8) is 0 Å². The van der Waals surface area contributed by atoms with E-state index in [-0.39, 0.29) is 11.1 Å². The zero-order valence-electron chi connectivity index (χ0n) is 16.9. The van der Waals surface area contributed by atoms with Crippen molar-refractivity contribution in [1.29, 1.82) is 0 Å². The Balaban J connectivity index is 2.07. The van der Waals surface area contributed by atoms with Gasteiger partial charge in [-0.3, -0.25) is 4.90 Å². The molecule has 0 bridgehead atoms. The van der Waals surface area contributed by atoms with Crippen molar-refractivity contribution >= 4 is 29.4 Å². The van der Waals surface area contributed by atoms with Gasteiger partial charge in [0.2, 0.25) is 0 Å². The molecular formula is C21H30ClFN4O. The molecule has 5 nitrogen and oxygen atoms in total. The molecule has 3 rings (SSSR count). The number of halogens is 2. The molecule has 0 spiro atoms. The third kappa shape index (κ3) is 4.24. The van der Waals surface area contributed by atoms with E-state index in [1.165, 1.54) is 6.07 Å². The van der Waals surface area contributed by atoms with Crippen LogP contribution in [-0.4, -0.2) is 60.7 Å². The van der Waals surface area contributed by atoms with E-state index in [9.17, 15) is 9.18 Å². The third-order valence-electron chi connectivity index (χ3n) is 5.64. The molecule has 1 fully saturated rings. The Kier molecular flexibility index (Phi) is 7.07. The van der Waals surface area contributed by atoms with Crippen molar-refractivity contribution in [2.45, 2.75) is 45.7 Å². The van der Waals surface area contributed by atoms with Crippen molar-refractivity contribution in [3.8, 4) is 0 Å². The molecule has 0 saturated carbocycles. The predicted molar refractivity (Wildman–Crippen MR) is 112 cm³/mol. The van der Waals surface area contributed by atoms with Gasteiger partial charge in [0.25, 0.3) is 0 Å². The average molecular weight is 409 g/mol. The van der Waals surface area contributed by atoms with Crippen LogP contribution in [0.2, 0.25) is 5.02 Å². The summed E-state index contributed by atoms with van der Waals surface area (Å²) in [5.41, 5.74) is 1.19. The lowest BCUT2D eigenvalue weighted by molar-refractivity contribution is -0.111. The maximum Gasteiger partial charge on any atom is 0.147 e. The molecule has 1 aromatic carbocycles. The lowest BCUT2D eigenvalue weighted by Crippen LogP contribution is -2.52. The summed E-state index contributed by atoms with van der Waals surface area (Å²) >= 11 is 5.99. The van der Waals surface area contributed by atoms with Crippen molar-refractivity contribution in [2.75, 3.05) is 32.7 Å². The predicted octanol–water partition coefficient (Wildman–Crippen LogP) is 3.79. The first-order valence-electron chi connectivity index (χ1n) is 10.2. The maximum atomic E-state index is 14.1. The first-order valence-corrected chi connectivity index (χ1v) is 10.6. The number of nitrogens with one attached hydrogen (secondary N) is 1. The SMILES string of the molecule is CCC[C@@H](C1=Nc2cc(F)c(Cl)cc2C(C=O)N1CC)N1CCNC[C@H](C)C1. The second-order valence-corrected chi connectivity index (χ2v) is 8.18. The molecule has 0 radical (unpaired) electrons. The van der Waals surface area contributed by atoms with Gasteiger partial charge in [-0.25, -0.2) is 9.38 Å². The number of aliphatic imine (C=N–C) groups is 1. The van der Waals surface area contributed by atoms with Gasteiger partial charge in [-0.1, -0.05) is 31.9 Å². The van der Waals surface area contributed by atoms with E-state index in [4.69, 9.17) is 16.6 Å². The fourth-order valence-electron chi connectivity index (χ4n) is 4.31. The molecule has 2 aliphatic rings. The molecule has 1 aromatic rings. The Morgan fingerprint density at radius 1 is 1.43 bits per heavy atom. The number of likely N-dealkylation sites (N-methyl/N-ethyl adjacent to an activating group) is 1. The fraction of sp³-hybridized carbons (Fsp3) is 0.619. The standard InChI is InChI=1S/C21H30ClFN4O/c1-4-6-19(26-8-7-24-11-14(3)12-26)21-25-18-10-17(23)16(22)9-15(18)20(13-28)27(21)5-2/h9-10,13-14,19-20,24H,4-8,11-12H2,1-3H3/t14-,19-,20?/m0/s1. The van der Waals surface area contributed by atoms with Crippen LogP contribution >= 0.6 is 11.6 Å². The number of nitrogens with zero attached hydrogens (tertiary/aromatic N) is 3. The van der Waals surface area contributed by atoms with Gasteiger partial charge in [0.1, 0.15) is 24.0 Å². The van der Waals surface area contributed by atoms with Crippen LogP contribution < -0.4 is 5.32 Å². The summed E-state index contributed by atoms with van der Waals surface area (Å²) in [6.07, 6.45) is 2.87. The largest absolute Gasteiger partial charge is 0.345 e. The summed E-state index contributed by atoms with van der Waals surface area (Å²) in [5.74, 6) is 0.897. The molecule has 2 aliphatic heterocycles. The normalized spacial score (nSPS) is 24.3. The Morgan fingerprint density at radius 3 is 2.89 bits per heavy atom. The van der Waals surface area contributed by atoms with Crippen LogP contribution in [0.1, 0.15) is 45.2 Å². The quantitative estimate of drug-likeness (QED) is 0.727. The Bertz CT molecular complexity index is 741. The summed E-state index contributed by atoms with van der Waals surface area (Å²) in [7, 11) is 0. The van der Waals surface area contributed by atoms with Crippen molar-refractivity contribution in [3.05, 3.63) is 28.5 Å². The van der Waals surface area contributed by atoms with Gasteiger partial charge in [-0.2, -0.15) is 0 Å². The summed E-state index contributed by atoms with van der Waals surface area (Å²) in [4.78, 5) is 21.4. The van der Waals surface area contributed by atoms with Gasteiger partial charge < -0.3 is 15.0 Å². The van der Waals surface area contributed by atoms with Gasteiger partial charge in [0.15, 0.2) is 0 Å². The van der Waals surface area contributed by atoms with Crippen LogP contribution in [-0.2, 0) is 4.79 Å². The fourth-order valence-corrected chi connectivity index (χ4v) is 4.49. The van der Waals surface area contributed by atoms with Crippen molar-refractivity contribution < 1.29 is 9.18 Å². The first kappa shape index (κ1) is 21.2. The molecule has 0 aromatic heterocycles. The number of carbonyl (C=O) groups excluding carboxylic acids is 1. The van der Waals surface area contributed by atoms with E-state index < -0.39 is 11.9 Å². The number of fused-ring (bicyclic) bond motifs is 1. The highest BCUT2D eigenvalue weighted by atomic mass is 35.5. The first-order chi connectivity index (χ1) is 13.5. The third-order valence-corrected chi connectivity index (χ3v) is 5.93. The van der Waals surface area contributed by atoms with Crippen molar-refractivity contribution in [2.24, 2.45) is 10.9 Å². The molecule has 28 heavy (non-hydrogen) atoms. The number of hydrogen-bond acceptors (Lipinski definition) is 5. The Hall–Kier alpha value is -1.50. The molecule has 3 atom stereocenters. The lowest BCUT2D eigenvalue weighted by Gasteiger charge is -2.42. The molecule has 0 amide bonds. The second kappa shape index (κ2) is 9.33. The topological polar surface area (TPSA) is 47.9 Å². The van der Waals surface area contributed by atoms with Crippen LogP contribution in [0.15, 0.2) is 17.1 Å². The van der Waals surface area contributed by atoms with Gasteiger partial charge >= 0.3 is 0 Å². The van der Waals surface area contributed by atoms with Gasteiger partial charge in [0, 0.05) is 37.8 Å². The molecule has 0 aliphatic carbocycles. The highest BCUT2D eigenvalue weighted by Gasteiger charge is 2.36. The molecule has 2 heterocycles. The van der Waals surface area contributed by atoms with Crippen LogP contribution in [0.25, 0.3) is 0 Å². The summed E-state index contributed by atoms with van der Waals surface area (Å²) < 4.78 is 14.1. The second-order valence-electron chi connectivity index (χ2n) is 7.77. The zero-order valence-corrected chi connectivity index (χ0v) is 17.7. The molecule has 1 unspecified atom stereocenters. The summed E-state index contributed by atoms with van der Waals surface area (Å²) in [6, 6.07) is 2.51. The minimum Gasteiger partial charge on any atom is -0.345 e. The van der Waals surface area contributed by atoms with Gasteiger partial charge in [0.05, 0.1) is 16.8 Å². The van der Waals surface area contributed by atoms with Gasteiger partial charge in [-0.15, -0.1) is 0 Å². The van der Waals surface area contributed by atoms with Gasteiger partial charge in [-0.05, 0) is 31.9 Å². The van der Waals surface area contributed by atoms with Crippen LogP contribution in [0.5, 0.6) is 0 Å². The summed E-state index contributed by atoms with van der Waals surface area (Å²) in [6.45, 7) is 10.9. The lowest BCUT2D eigenvalue weighted by atomic mass is 9.97. The van der Waals surface area contributed by atoms with E-state index >= 15 is 0 Å². The monoisotopic (exact) mass is 408 g/mol. The molecule has 1 N–H and O–H groups in total. The average Bonchev–Trinajstić information content (AvgIpc) is 2.90. The minimum atomic E-state index is -0.502. The Morgan fingerprint density at radius 2 is 2.21 bits per heavy atom. The van der Waals surface area contributed by atoms with Crippen molar-refractivity contribution in [1.82, 2.24) is 15.1 Å². The van der Waals surface area contributed by atoms with E-state index in [1.807, 2.05) is 11.8 Å². The number of carbonyl (C=O) groups is 1. The smallest absolute Gasteiger partial charge is 0.147 e. The minimum absolute atomic E-state index is 0.0258. The summed E-state index contributed by atoms with van der Waals surface area (Å²) in [5, 5.41) is 3.51. The number of aldehydes is 1. The highest BCUT2D eigenvalue weighted by molar-refractivity contribution is 6.31. The van der Waals surface area contributed by atoms with Crippen LogP contribution in [0, 0.1) is 11.7 Å². The Labute approximate surface area is 171 Å². The van der Waals surface area contributed by atoms with Crippen LogP contribution in [0.3, 0.4) is 0 Å². The maximum absolute atomic E-state index is 14.1. The molecule has 154 valence electrons. The number of benzene rings is 1. The molecular weight excluding hydrogens is 379 g/mol.